The van der Waals surface area contributed by atoms with Gasteiger partial charge >= 0.3 is 6.09 Å². The summed E-state index contributed by atoms with van der Waals surface area (Å²) in [5, 5.41) is 11.4. The van der Waals surface area contributed by atoms with Crippen molar-refractivity contribution in [2.75, 3.05) is 32.8 Å². The molecule has 142 valence electrons. The summed E-state index contributed by atoms with van der Waals surface area (Å²) in [6.07, 6.45) is 0.176. The van der Waals surface area contributed by atoms with Crippen LogP contribution in [-0.2, 0) is 4.74 Å². The van der Waals surface area contributed by atoms with E-state index in [0.29, 0.717) is 32.7 Å². The lowest BCUT2D eigenvalue weighted by Gasteiger charge is -2.22. The molecule has 26 heavy (non-hydrogen) atoms. The van der Waals surface area contributed by atoms with Crippen molar-refractivity contribution in [3.63, 3.8) is 0 Å². The zero-order valence-electron chi connectivity index (χ0n) is 14.8. The van der Waals surface area contributed by atoms with Gasteiger partial charge in [-0.2, -0.15) is 0 Å². The summed E-state index contributed by atoms with van der Waals surface area (Å²) >= 11 is 5.80. The topological polar surface area (TPSA) is 93.0 Å². The number of benzene rings is 1. The van der Waals surface area contributed by atoms with Crippen LogP contribution in [0.25, 0.3) is 0 Å². The van der Waals surface area contributed by atoms with Crippen LogP contribution >= 0.6 is 11.6 Å². The summed E-state index contributed by atoms with van der Waals surface area (Å²) in [5.41, 5.74) is -0.324. The van der Waals surface area contributed by atoms with Gasteiger partial charge in [0.2, 0.25) is 0 Å². The Morgan fingerprint density at radius 2 is 1.88 bits per heavy atom. The Labute approximate surface area is 156 Å². The standard InChI is InChI=1S/C17H22ClN3O5/c1-12(2)11-26-17(23)20-7-3-6-19(8-9-20)16(22)14-5-4-13(18)10-15(14)21(24)25/h4-5,10,12H,3,6-9,11H2,1-2H3. The fourth-order valence-corrected chi connectivity index (χ4v) is 2.81. The highest BCUT2D eigenvalue weighted by Gasteiger charge is 2.28. The van der Waals surface area contributed by atoms with Crippen molar-refractivity contribution in [3.05, 3.63) is 38.9 Å². The lowest BCUT2D eigenvalue weighted by atomic mass is 10.1. The quantitative estimate of drug-likeness (QED) is 0.588. The third-order valence-corrected chi connectivity index (χ3v) is 4.20. The molecule has 0 N–H and O–H groups in total. The molecule has 1 fully saturated rings. The molecule has 1 aromatic carbocycles. The molecule has 1 heterocycles. The van der Waals surface area contributed by atoms with Gasteiger partial charge in [-0.25, -0.2) is 4.79 Å². The van der Waals surface area contributed by atoms with Crippen molar-refractivity contribution < 1.29 is 19.2 Å². The molecular formula is C17H22ClN3O5. The monoisotopic (exact) mass is 383 g/mol. The summed E-state index contributed by atoms with van der Waals surface area (Å²) < 4.78 is 5.22. The molecule has 0 spiro atoms. The number of carbonyl (C=O) groups is 2. The Morgan fingerprint density at radius 3 is 2.54 bits per heavy atom. The number of hydrogen-bond donors (Lipinski definition) is 0. The minimum Gasteiger partial charge on any atom is -0.449 e. The molecule has 1 aliphatic rings. The SMILES string of the molecule is CC(C)COC(=O)N1CCCN(C(=O)c2ccc(Cl)cc2[N+](=O)[O-])CC1. The molecule has 0 unspecified atom stereocenters. The van der Waals surface area contributed by atoms with Gasteiger partial charge in [-0.1, -0.05) is 25.4 Å². The predicted molar refractivity (Wildman–Crippen MR) is 96.4 cm³/mol. The molecule has 0 aromatic heterocycles. The van der Waals surface area contributed by atoms with Crippen LogP contribution in [0.2, 0.25) is 5.02 Å². The van der Waals surface area contributed by atoms with Crippen molar-refractivity contribution in [2.45, 2.75) is 20.3 Å². The van der Waals surface area contributed by atoms with E-state index in [-0.39, 0.29) is 28.7 Å². The molecule has 0 saturated carbocycles. The minimum atomic E-state index is -0.619. The van der Waals surface area contributed by atoms with E-state index >= 15 is 0 Å². The Balaban J connectivity index is 2.06. The second kappa shape index (κ2) is 8.84. The van der Waals surface area contributed by atoms with E-state index in [1.165, 1.54) is 23.1 Å². The highest BCUT2D eigenvalue weighted by atomic mass is 35.5. The van der Waals surface area contributed by atoms with Gasteiger partial charge in [0.1, 0.15) is 5.56 Å². The average Bonchev–Trinajstić information content (AvgIpc) is 2.85. The molecule has 1 aliphatic heterocycles. The lowest BCUT2D eigenvalue weighted by molar-refractivity contribution is -0.385. The van der Waals surface area contributed by atoms with Crippen LogP contribution in [0.15, 0.2) is 18.2 Å². The number of hydrogen-bond acceptors (Lipinski definition) is 5. The molecule has 1 saturated heterocycles. The van der Waals surface area contributed by atoms with E-state index in [1.807, 2.05) is 13.8 Å². The number of ether oxygens (including phenoxy) is 1. The van der Waals surface area contributed by atoms with Crippen LogP contribution in [0, 0.1) is 16.0 Å². The van der Waals surface area contributed by atoms with E-state index in [0.717, 1.165) is 0 Å². The summed E-state index contributed by atoms with van der Waals surface area (Å²) in [5.74, 6) is -0.194. The number of rotatable bonds is 4. The summed E-state index contributed by atoms with van der Waals surface area (Å²) in [6, 6.07) is 3.99. The second-order valence-electron chi connectivity index (χ2n) is 6.52. The summed E-state index contributed by atoms with van der Waals surface area (Å²) in [6.45, 7) is 5.74. The number of nitro groups is 1. The van der Waals surface area contributed by atoms with Crippen molar-refractivity contribution in [1.82, 2.24) is 9.80 Å². The molecule has 2 rings (SSSR count). The first-order valence-electron chi connectivity index (χ1n) is 8.44. The van der Waals surface area contributed by atoms with Gasteiger partial charge in [0.05, 0.1) is 11.5 Å². The van der Waals surface area contributed by atoms with Crippen molar-refractivity contribution in [2.24, 2.45) is 5.92 Å². The number of nitrogens with zero attached hydrogens (tertiary/aromatic N) is 3. The molecule has 0 aliphatic carbocycles. The molecule has 8 nitrogen and oxygen atoms in total. The van der Waals surface area contributed by atoms with Gasteiger partial charge in [-0.3, -0.25) is 14.9 Å². The molecule has 1 aromatic rings. The molecule has 9 heteroatoms. The smallest absolute Gasteiger partial charge is 0.409 e. The van der Waals surface area contributed by atoms with Crippen LogP contribution < -0.4 is 0 Å². The summed E-state index contributed by atoms with van der Waals surface area (Å²) in [7, 11) is 0. The maximum Gasteiger partial charge on any atom is 0.409 e. The van der Waals surface area contributed by atoms with Gasteiger partial charge in [0.15, 0.2) is 0 Å². The van der Waals surface area contributed by atoms with E-state index in [1.54, 1.807) is 4.90 Å². The van der Waals surface area contributed by atoms with Gasteiger partial charge in [0, 0.05) is 37.3 Å². The van der Waals surface area contributed by atoms with Gasteiger partial charge in [0.25, 0.3) is 11.6 Å². The molecule has 0 radical (unpaired) electrons. The van der Waals surface area contributed by atoms with Gasteiger partial charge < -0.3 is 14.5 Å². The Hall–Kier alpha value is -2.35. The third kappa shape index (κ3) is 5.08. The molecule has 0 atom stereocenters. The van der Waals surface area contributed by atoms with Crippen molar-refractivity contribution in [1.29, 1.82) is 0 Å². The Bertz CT molecular complexity index is 695. The highest BCUT2D eigenvalue weighted by molar-refractivity contribution is 6.31. The van der Waals surface area contributed by atoms with Crippen molar-refractivity contribution in [3.8, 4) is 0 Å². The summed E-state index contributed by atoms with van der Waals surface area (Å²) in [4.78, 5) is 38.5. The zero-order valence-corrected chi connectivity index (χ0v) is 15.6. The van der Waals surface area contributed by atoms with Crippen LogP contribution in [0.1, 0.15) is 30.6 Å². The van der Waals surface area contributed by atoms with E-state index in [2.05, 4.69) is 0 Å². The minimum absolute atomic E-state index is 0.00441. The number of amides is 2. The fourth-order valence-electron chi connectivity index (χ4n) is 2.64. The maximum absolute atomic E-state index is 12.7. The van der Waals surface area contributed by atoms with E-state index in [4.69, 9.17) is 16.3 Å². The predicted octanol–water partition coefficient (Wildman–Crippen LogP) is 3.19. The second-order valence-corrected chi connectivity index (χ2v) is 6.96. The molecule has 0 bridgehead atoms. The average molecular weight is 384 g/mol. The van der Waals surface area contributed by atoms with E-state index in [9.17, 15) is 19.7 Å². The Kier molecular flexibility index (Phi) is 6.79. The molecular weight excluding hydrogens is 362 g/mol. The number of halogens is 1. The van der Waals surface area contributed by atoms with Crippen LogP contribution in [0.4, 0.5) is 10.5 Å². The van der Waals surface area contributed by atoms with E-state index < -0.39 is 16.9 Å². The van der Waals surface area contributed by atoms with Crippen LogP contribution in [0.3, 0.4) is 0 Å². The van der Waals surface area contributed by atoms with Crippen molar-refractivity contribution >= 4 is 29.3 Å². The Morgan fingerprint density at radius 1 is 1.23 bits per heavy atom. The van der Waals surface area contributed by atoms with Gasteiger partial charge in [-0.05, 0) is 24.5 Å². The normalized spacial score (nSPS) is 14.9. The third-order valence-electron chi connectivity index (χ3n) is 3.97. The number of carbonyl (C=O) groups excluding carboxylic acids is 2. The maximum atomic E-state index is 12.7. The van der Waals surface area contributed by atoms with Gasteiger partial charge in [-0.15, -0.1) is 0 Å². The first-order valence-corrected chi connectivity index (χ1v) is 8.82. The fraction of sp³-hybridized carbons (Fsp3) is 0.529. The van der Waals surface area contributed by atoms with Crippen LogP contribution in [0.5, 0.6) is 0 Å². The number of nitro benzene ring substituents is 1. The zero-order chi connectivity index (χ0) is 19.3. The first-order chi connectivity index (χ1) is 12.3. The first kappa shape index (κ1) is 20.0. The lowest BCUT2D eigenvalue weighted by Crippen LogP contribution is -2.38. The van der Waals surface area contributed by atoms with Crippen LogP contribution in [-0.4, -0.2) is 59.5 Å². The largest absolute Gasteiger partial charge is 0.449 e. The molecule has 2 amide bonds. The highest BCUT2D eigenvalue weighted by Crippen LogP contribution is 2.25.